The predicted molar refractivity (Wildman–Crippen MR) is 78.1 cm³/mol. The number of carbonyl (C=O) groups is 1. The van der Waals surface area contributed by atoms with Crippen LogP contribution in [-0.4, -0.2) is 5.78 Å². The molecule has 0 aromatic heterocycles. The van der Waals surface area contributed by atoms with Crippen LogP contribution in [0.1, 0.15) is 34.3 Å². The summed E-state index contributed by atoms with van der Waals surface area (Å²) in [5.74, 6) is -0.205. The number of rotatable bonds is 1. The van der Waals surface area contributed by atoms with Crippen molar-refractivity contribution >= 4 is 11.9 Å². The van der Waals surface area contributed by atoms with E-state index in [2.05, 4.69) is 0 Å². The van der Waals surface area contributed by atoms with Gasteiger partial charge in [0, 0.05) is 11.1 Å². The molecule has 1 aliphatic rings. The Morgan fingerprint density at radius 1 is 1.00 bits per heavy atom. The largest absolute Gasteiger partial charge is 0.289 e. The molecule has 20 heavy (non-hydrogen) atoms. The van der Waals surface area contributed by atoms with Crippen molar-refractivity contribution in [2.45, 2.75) is 19.3 Å². The summed E-state index contributed by atoms with van der Waals surface area (Å²) in [5.41, 5.74) is 3.40. The molecule has 0 heterocycles. The van der Waals surface area contributed by atoms with Crippen LogP contribution in [0.4, 0.5) is 4.39 Å². The monoisotopic (exact) mass is 266 g/mol. The van der Waals surface area contributed by atoms with E-state index in [0.29, 0.717) is 0 Å². The van der Waals surface area contributed by atoms with E-state index < -0.39 is 0 Å². The number of hydrogen-bond donors (Lipinski definition) is 0. The topological polar surface area (TPSA) is 17.1 Å². The highest BCUT2D eigenvalue weighted by Crippen LogP contribution is 2.25. The second-order valence-electron chi connectivity index (χ2n) is 5.06. The van der Waals surface area contributed by atoms with Gasteiger partial charge < -0.3 is 0 Å². The minimum absolute atomic E-state index is 0.0716. The summed E-state index contributed by atoms with van der Waals surface area (Å²) in [6.07, 6.45) is 4.42. The molecule has 0 spiro atoms. The van der Waals surface area contributed by atoms with Crippen molar-refractivity contribution in [3.8, 4) is 0 Å². The van der Waals surface area contributed by atoms with Crippen molar-refractivity contribution in [1.82, 2.24) is 0 Å². The zero-order valence-corrected chi connectivity index (χ0v) is 11.1. The van der Waals surface area contributed by atoms with Gasteiger partial charge in [0.05, 0.1) is 0 Å². The quantitative estimate of drug-likeness (QED) is 0.551. The first-order valence-corrected chi connectivity index (χ1v) is 6.83. The van der Waals surface area contributed by atoms with E-state index in [1.807, 2.05) is 36.4 Å². The van der Waals surface area contributed by atoms with E-state index >= 15 is 0 Å². The summed E-state index contributed by atoms with van der Waals surface area (Å²) in [7, 11) is 0. The Balaban J connectivity index is 2.01. The molecule has 0 atom stereocenters. The van der Waals surface area contributed by atoms with E-state index in [0.717, 1.165) is 41.5 Å². The molecule has 100 valence electrons. The highest BCUT2D eigenvalue weighted by atomic mass is 19.1. The van der Waals surface area contributed by atoms with Crippen LogP contribution in [-0.2, 0) is 6.42 Å². The Labute approximate surface area is 117 Å². The van der Waals surface area contributed by atoms with E-state index in [-0.39, 0.29) is 11.6 Å². The second kappa shape index (κ2) is 5.41. The van der Waals surface area contributed by atoms with Crippen LogP contribution >= 0.6 is 0 Å². The number of halogens is 1. The number of ketones is 1. The highest BCUT2D eigenvalue weighted by Gasteiger charge is 2.19. The van der Waals surface area contributed by atoms with Crippen molar-refractivity contribution in [3.05, 3.63) is 76.6 Å². The number of carbonyl (C=O) groups excluding carboxylic acids is 1. The average Bonchev–Trinajstić information content (AvgIpc) is 2.60. The lowest BCUT2D eigenvalue weighted by molar-refractivity contribution is 0.103. The molecule has 0 saturated carbocycles. The lowest BCUT2D eigenvalue weighted by atomic mass is 9.98. The number of hydrogen-bond acceptors (Lipinski definition) is 1. The van der Waals surface area contributed by atoms with Gasteiger partial charge >= 0.3 is 0 Å². The maximum absolute atomic E-state index is 13.2. The van der Waals surface area contributed by atoms with Crippen LogP contribution in [0.15, 0.2) is 54.1 Å². The van der Waals surface area contributed by atoms with Crippen molar-refractivity contribution < 1.29 is 9.18 Å². The molecule has 0 fully saturated rings. The Kier molecular flexibility index (Phi) is 3.46. The summed E-state index contributed by atoms with van der Waals surface area (Å²) < 4.78 is 13.2. The fourth-order valence-corrected chi connectivity index (χ4v) is 2.65. The molecule has 0 radical (unpaired) electrons. The molecule has 0 aliphatic heterocycles. The van der Waals surface area contributed by atoms with Crippen LogP contribution in [0.3, 0.4) is 0 Å². The number of benzene rings is 2. The fraction of sp³-hybridized carbons (Fsp3) is 0.167. The van der Waals surface area contributed by atoms with Gasteiger partial charge in [-0.1, -0.05) is 36.4 Å². The standard InChI is InChI=1S/C18H15FO/c19-16-9-3-5-13(12-16)11-15-8-4-7-14-6-1-2-10-17(14)18(15)20/h1-3,5-6,9-12H,4,7-8H2/b15-11+. The first-order chi connectivity index (χ1) is 9.74. The van der Waals surface area contributed by atoms with Crippen molar-refractivity contribution in [3.63, 3.8) is 0 Å². The zero-order valence-electron chi connectivity index (χ0n) is 11.1. The molecule has 0 saturated heterocycles. The first kappa shape index (κ1) is 12.8. The van der Waals surface area contributed by atoms with Crippen LogP contribution in [0.25, 0.3) is 6.08 Å². The van der Waals surface area contributed by atoms with Crippen molar-refractivity contribution in [2.24, 2.45) is 0 Å². The molecule has 2 heteroatoms. The Bertz CT molecular complexity index is 685. The van der Waals surface area contributed by atoms with Gasteiger partial charge in [-0.25, -0.2) is 4.39 Å². The third-order valence-electron chi connectivity index (χ3n) is 3.64. The van der Waals surface area contributed by atoms with Crippen LogP contribution in [0, 0.1) is 5.82 Å². The maximum Gasteiger partial charge on any atom is 0.189 e. The van der Waals surface area contributed by atoms with Gasteiger partial charge in [0.2, 0.25) is 0 Å². The van der Waals surface area contributed by atoms with Crippen LogP contribution < -0.4 is 0 Å². The molecule has 0 N–H and O–H groups in total. The van der Waals surface area contributed by atoms with Gasteiger partial charge in [0.15, 0.2) is 5.78 Å². The van der Waals surface area contributed by atoms with Crippen LogP contribution in [0.2, 0.25) is 0 Å². The van der Waals surface area contributed by atoms with Gasteiger partial charge in [-0.15, -0.1) is 0 Å². The molecule has 3 rings (SSSR count). The smallest absolute Gasteiger partial charge is 0.189 e. The summed E-state index contributed by atoms with van der Waals surface area (Å²) in [5, 5.41) is 0. The Morgan fingerprint density at radius 2 is 1.85 bits per heavy atom. The first-order valence-electron chi connectivity index (χ1n) is 6.83. The van der Waals surface area contributed by atoms with Crippen LogP contribution in [0.5, 0.6) is 0 Å². The Morgan fingerprint density at radius 3 is 2.70 bits per heavy atom. The number of fused-ring (bicyclic) bond motifs is 1. The molecule has 2 aromatic rings. The normalized spacial score (nSPS) is 16.9. The fourth-order valence-electron chi connectivity index (χ4n) is 2.65. The van der Waals surface area contributed by atoms with Crippen molar-refractivity contribution in [2.75, 3.05) is 0 Å². The summed E-state index contributed by atoms with van der Waals surface area (Å²) >= 11 is 0. The third kappa shape index (κ3) is 2.55. The average molecular weight is 266 g/mol. The summed E-state index contributed by atoms with van der Waals surface area (Å²) in [4.78, 5) is 12.6. The van der Waals surface area contributed by atoms with Gasteiger partial charge in [-0.05, 0) is 48.6 Å². The molecule has 1 nitrogen and oxygen atoms in total. The SMILES string of the molecule is O=C1/C(=C/c2cccc(F)c2)CCCc2ccccc21. The van der Waals surface area contributed by atoms with Gasteiger partial charge in [0.25, 0.3) is 0 Å². The Hall–Kier alpha value is -2.22. The van der Waals surface area contributed by atoms with E-state index in [1.165, 1.54) is 12.1 Å². The number of allylic oxidation sites excluding steroid dienone is 1. The number of Topliss-reactive ketones (excluding diaryl/α,β-unsaturated/α-hetero) is 1. The maximum atomic E-state index is 13.2. The summed E-state index contributed by atoms with van der Waals surface area (Å²) in [6, 6.07) is 14.1. The minimum atomic E-state index is -0.277. The number of aryl methyl sites for hydroxylation is 1. The lowest BCUT2D eigenvalue weighted by Gasteiger charge is -2.05. The molecule has 2 aromatic carbocycles. The molecule has 1 aliphatic carbocycles. The van der Waals surface area contributed by atoms with E-state index in [1.54, 1.807) is 6.07 Å². The summed E-state index contributed by atoms with van der Waals surface area (Å²) in [6.45, 7) is 0. The molecule has 0 unspecified atom stereocenters. The second-order valence-corrected chi connectivity index (χ2v) is 5.06. The van der Waals surface area contributed by atoms with Gasteiger partial charge in [0.1, 0.15) is 5.82 Å². The minimum Gasteiger partial charge on any atom is -0.289 e. The van der Waals surface area contributed by atoms with Gasteiger partial charge in [-0.3, -0.25) is 4.79 Å². The predicted octanol–water partition coefficient (Wildman–Crippen LogP) is 4.43. The zero-order chi connectivity index (χ0) is 13.9. The molecular formula is C18H15FO. The van der Waals surface area contributed by atoms with Crippen molar-refractivity contribution in [1.29, 1.82) is 0 Å². The van der Waals surface area contributed by atoms with E-state index in [9.17, 15) is 9.18 Å². The molecule has 0 amide bonds. The lowest BCUT2D eigenvalue weighted by Crippen LogP contribution is -2.03. The molecular weight excluding hydrogens is 251 g/mol. The molecule has 0 bridgehead atoms. The third-order valence-corrected chi connectivity index (χ3v) is 3.64. The highest BCUT2D eigenvalue weighted by molar-refractivity contribution is 6.12. The van der Waals surface area contributed by atoms with E-state index in [4.69, 9.17) is 0 Å². The van der Waals surface area contributed by atoms with Gasteiger partial charge in [-0.2, -0.15) is 0 Å².